The van der Waals surface area contributed by atoms with Crippen molar-refractivity contribution in [2.24, 2.45) is 17.2 Å². The molecule has 1 fully saturated rings. The smallest absolute Gasteiger partial charge is 0.323 e. The Morgan fingerprint density at radius 3 is 1.92 bits per heavy atom. The molecule has 0 aromatic heterocycles. The molecule has 0 aromatic carbocycles. The van der Waals surface area contributed by atoms with Gasteiger partial charge in [-0.15, -0.1) is 0 Å². The number of carboxylic acid groups (broad SMARTS) is 3. The number of aliphatic hydroxyl groups is 1. The maximum absolute atomic E-state index is 10.1. The third-order valence-electron chi connectivity index (χ3n) is 3.45. The second kappa shape index (κ2) is 15.5. The van der Waals surface area contributed by atoms with Gasteiger partial charge in [0.2, 0.25) is 0 Å². The molecule has 26 heavy (non-hydrogen) atoms. The van der Waals surface area contributed by atoms with Gasteiger partial charge >= 0.3 is 17.9 Å². The Morgan fingerprint density at radius 1 is 1.12 bits per heavy atom. The van der Waals surface area contributed by atoms with Crippen LogP contribution in [-0.2, 0) is 14.4 Å². The highest BCUT2D eigenvalue weighted by Gasteiger charge is 2.20. The first-order valence-electron chi connectivity index (χ1n) is 8.35. The van der Waals surface area contributed by atoms with E-state index in [1.165, 1.54) is 6.92 Å². The molecule has 3 unspecified atom stereocenters. The minimum Gasteiger partial charge on any atom is -0.480 e. The highest BCUT2D eigenvalue weighted by atomic mass is 16.4. The number of aliphatic carboxylic acids is 3. The van der Waals surface area contributed by atoms with Crippen molar-refractivity contribution >= 4 is 17.9 Å². The quantitative estimate of drug-likeness (QED) is 0.218. The lowest BCUT2D eigenvalue weighted by Crippen LogP contribution is -2.39. The van der Waals surface area contributed by atoms with Crippen LogP contribution in [-0.4, -0.2) is 75.7 Å². The highest BCUT2D eigenvalue weighted by Crippen LogP contribution is 2.03. The van der Waals surface area contributed by atoms with Gasteiger partial charge in [-0.2, -0.15) is 0 Å². The number of carboxylic acids is 3. The van der Waals surface area contributed by atoms with Gasteiger partial charge in [0.15, 0.2) is 0 Å². The normalized spacial score (nSPS) is 19.0. The van der Waals surface area contributed by atoms with E-state index in [1.54, 1.807) is 0 Å². The Kier molecular flexibility index (Phi) is 15.7. The lowest BCUT2D eigenvalue weighted by Gasteiger charge is -2.06. The fourth-order valence-corrected chi connectivity index (χ4v) is 1.73. The fraction of sp³-hybridized carbons (Fsp3) is 0.800. The van der Waals surface area contributed by atoms with Crippen LogP contribution in [0.15, 0.2) is 0 Å². The summed E-state index contributed by atoms with van der Waals surface area (Å²) in [5, 5.41) is 36.1. The second-order valence-corrected chi connectivity index (χ2v) is 5.82. The summed E-state index contributed by atoms with van der Waals surface area (Å²) in [7, 11) is 0. The van der Waals surface area contributed by atoms with Crippen molar-refractivity contribution in [3.63, 3.8) is 0 Å². The molecule has 0 bridgehead atoms. The molecule has 11 nitrogen and oxygen atoms in total. The van der Waals surface area contributed by atoms with E-state index in [2.05, 4.69) is 5.32 Å². The standard InChI is InChI=1S/C6H14N2O2.C5H9NO2.C4H9NO3/c7-4-2-1-3-5(8)6(9)10;7-5(8)4-2-1-3-6-4;1-2(6)3(5)4(7)8/h5H,1-4,7-8H2,(H,9,10);4,6H,1-3H2,(H,7,8);2-3,6H,5H2,1H3,(H,7,8)/t;4-;/m.0./s1. The number of nitrogens with two attached hydrogens (primary N) is 3. The summed E-state index contributed by atoms with van der Waals surface area (Å²) in [6, 6.07) is -2.14. The Hall–Kier alpha value is -1.79. The minimum atomic E-state index is -1.18. The van der Waals surface area contributed by atoms with E-state index < -0.39 is 36.1 Å². The molecule has 11 N–H and O–H groups in total. The molecule has 1 rings (SSSR count). The molecular weight excluding hydrogens is 348 g/mol. The van der Waals surface area contributed by atoms with Gasteiger partial charge < -0.3 is 42.9 Å². The van der Waals surface area contributed by atoms with Crippen LogP contribution in [0.3, 0.4) is 0 Å². The van der Waals surface area contributed by atoms with Gasteiger partial charge in [-0.05, 0) is 45.7 Å². The SMILES string of the molecule is CC(O)C(N)C(=O)O.NCCCCC(N)C(=O)O.O=C(O)[C@@H]1CCCN1. The van der Waals surface area contributed by atoms with E-state index in [9.17, 15) is 14.4 Å². The van der Waals surface area contributed by atoms with E-state index in [0.29, 0.717) is 13.0 Å². The zero-order valence-electron chi connectivity index (χ0n) is 15.0. The molecule has 0 radical (unpaired) electrons. The van der Waals surface area contributed by atoms with Crippen LogP contribution >= 0.6 is 0 Å². The predicted molar refractivity (Wildman–Crippen MR) is 94.5 cm³/mol. The molecule has 0 saturated carbocycles. The van der Waals surface area contributed by atoms with E-state index in [-0.39, 0.29) is 6.04 Å². The first-order valence-corrected chi connectivity index (χ1v) is 8.35. The first kappa shape index (κ1) is 26.4. The third kappa shape index (κ3) is 14.5. The van der Waals surface area contributed by atoms with E-state index >= 15 is 0 Å². The van der Waals surface area contributed by atoms with Crippen LogP contribution in [0.25, 0.3) is 0 Å². The Bertz CT molecular complexity index is 403. The van der Waals surface area contributed by atoms with Crippen LogP contribution in [0.4, 0.5) is 0 Å². The molecule has 1 aliphatic rings. The van der Waals surface area contributed by atoms with Crippen LogP contribution in [0.2, 0.25) is 0 Å². The van der Waals surface area contributed by atoms with Gasteiger partial charge in [0.25, 0.3) is 0 Å². The molecule has 0 aromatic rings. The van der Waals surface area contributed by atoms with Gasteiger partial charge in [0, 0.05) is 0 Å². The average Bonchev–Trinajstić information content (AvgIpc) is 3.10. The summed E-state index contributed by atoms with van der Waals surface area (Å²) < 4.78 is 0. The van der Waals surface area contributed by atoms with Gasteiger partial charge in [0.1, 0.15) is 18.1 Å². The number of carbonyl (C=O) groups is 3. The van der Waals surface area contributed by atoms with Crippen LogP contribution < -0.4 is 22.5 Å². The summed E-state index contributed by atoms with van der Waals surface area (Å²) in [6.07, 6.45) is 2.97. The maximum Gasteiger partial charge on any atom is 0.323 e. The Morgan fingerprint density at radius 2 is 1.69 bits per heavy atom. The van der Waals surface area contributed by atoms with E-state index in [0.717, 1.165) is 32.2 Å². The number of unbranched alkanes of at least 4 members (excludes halogenated alkanes) is 1. The average molecular weight is 380 g/mol. The van der Waals surface area contributed by atoms with Gasteiger partial charge in [0.05, 0.1) is 6.10 Å². The van der Waals surface area contributed by atoms with Gasteiger partial charge in [-0.1, -0.05) is 6.42 Å². The monoisotopic (exact) mass is 380 g/mol. The zero-order chi connectivity index (χ0) is 20.7. The molecule has 154 valence electrons. The maximum atomic E-state index is 10.1. The molecule has 11 heteroatoms. The Labute approximate surface area is 152 Å². The predicted octanol–water partition coefficient (Wildman–Crippen LogP) is -1.87. The van der Waals surface area contributed by atoms with Crippen LogP contribution in [0.1, 0.15) is 39.0 Å². The lowest BCUT2D eigenvalue weighted by molar-refractivity contribution is -0.141. The minimum absolute atomic E-state index is 0.269. The number of nitrogens with one attached hydrogen (secondary N) is 1. The molecule has 0 amide bonds. The number of rotatable bonds is 8. The van der Waals surface area contributed by atoms with Crippen molar-refractivity contribution in [3.8, 4) is 0 Å². The summed E-state index contributed by atoms with van der Waals surface area (Å²) in [6.45, 7) is 2.79. The van der Waals surface area contributed by atoms with Crippen molar-refractivity contribution in [3.05, 3.63) is 0 Å². The summed E-state index contributed by atoms with van der Waals surface area (Å²) in [4.78, 5) is 30.1. The molecule has 4 atom stereocenters. The molecule has 1 heterocycles. The van der Waals surface area contributed by atoms with Crippen molar-refractivity contribution < 1.29 is 34.8 Å². The largest absolute Gasteiger partial charge is 0.480 e. The van der Waals surface area contributed by atoms with Crippen molar-refractivity contribution in [1.82, 2.24) is 5.32 Å². The number of aliphatic hydroxyl groups excluding tert-OH is 1. The molecule has 1 saturated heterocycles. The molecular formula is C15H32N4O7. The zero-order valence-corrected chi connectivity index (χ0v) is 15.0. The topological polar surface area (TPSA) is 222 Å². The first-order chi connectivity index (χ1) is 12.0. The summed E-state index contributed by atoms with van der Waals surface area (Å²) in [5.74, 6) is -2.83. The van der Waals surface area contributed by atoms with Crippen molar-refractivity contribution in [1.29, 1.82) is 0 Å². The van der Waals surface area contributed by atoms with Gasteiger partial charge in [-0.3, -0.25) is 14.4 Å². The number of hydrogen-bond donors (Lipinski definition) is 8. The van der Waals surface area contributed by atoms with Crippen LogP contribution in [0.5, 0.6) is 0 Å². The Balaban J connectivity index is 0. The van der Waals surface area contributed by atoms with E-state index in [4.69, 9.17) is 37.6 Å². The molecule has 1 aliphatic heterocycles. The van der Waals surface area contributed by atoms with Crippen molar-refractivity contribution in [2.45, 2.75) is 63.3 Å². The lowest BCUT2D eigenvalue weighted by atomic mass is 10.1. The van der Waals surface area contributed by atoms with Crippen molar-refractivity contribution in [2.75, 3.05) is 13.1 Å². The summed E-state index contributed by atoms with van der Waals surface area (Å²) >= 11 is 0. The van der Waals surface area contributed by atoms with Crippen LogP contribution in [0, 0.1) is 0 Å². The van der Waals surface area contributed by atoms with Gasteiger partial charge in [-0.25, -0.2) is 0 Å². The number of hydrogen-bond acceptors (Lipinski definition) is 8. The molecule has 0 aliphatic carbocycles. The second-order valence-electron chi connectivity index (χ2n) is 5.82. The molecule has 0 spiro atoms. The summed E-state index contributed by atoms with van der Waals surface area (Å²) in [5.41, 5.74) is 15.3. The van der Waals surface area contributed by atoms with E-state index in [1.807, 2.05) is 0 Å². The third-order valence-corrected chi connectivity index (χ3v) is 3.45. The highest BCUT2D eigenvalue weighted by molar-refractivity contribution is 5.74. The fourth-order valence-electron chi connectivity index (χ4n) is 1.73.